The first-order valence-electron chi connectivity index (χ1n) is 4.53. The Kier molecular flexibility index (Phi) is 3.86. The number of aryl methyl sites for hydroxylation is 1. The molecule has 0 spiro atoms. The van der Waals surface area contributed by atoms with Crippen LogP contribution in [0, 0.1) is 6.92 Å². The summed E-state index contributed by atoms with van der Waals surface area (Å²) in [6.07, 6.45) is 0. The maximum Gasteiger partial charge on any atom is 0.0547 e. The van der Waals surface area contributed by atoms with E-state index in [1.165, 1.54) is 0 Å². The van der Waals surface area contributed by atoms with Gasteiger partial charge in [0.2, 0.25) is 0 Å². The minimum atomic E-state index is 0.697. The van der Waals surface area contributed by atoms with Crippen molar-refractivity contribution in [3.8, 4) is 0 Å². The number of aromatic nitrogens is 1. The van der Waals surface area contributed by atoms with Crippen molar-refractivity contribution in [1.82, 2.24) is 9.88 Å². The lowest BCUT2D eigenvalue weighted by atomic mass is 10.3. The highest BCUT2D eigenvalue weighted by Gasteiger charge is 1.99. The van der Waals surface area contributed by atoms with Crippen LogP contribution in [0.4, 0.5) is 0 Å². The first-order valence-corrected chi connectivity index (χ1v) is 4.53. The highest BCUT2D eigenvalue weighted by molar-refractivity contribution is 5.09. The van der Waals surface area contributed by atoms with Crippen LogP contribution in [0.3, 0.4) is 0 Å². The first-order chi connectivity index (χ1) is 6.22. The molecule has 72 valence electrons. The summed E-state index contributed by atoms with van der Waals surface area (Å²) in [6, 6.07) is 6.08. The second-order valence-corrected chi connectivity index (χ2v) is 3.30. The largest absolute Gasteiger partial charge is 0.329 e. The molecule has 0 unspecified atom stereocenters. The fourth-order valence-electron chi connectivity index (χ4n) is 1.26. The van der Waals surface area contributed by atoms with Crippen molar-refractivity contribution < 1.29 is 0 Å². The number of hydrogen-bond acceptors (Lipinski definition) is 3. The Balaban J connectivity index is 2.53. The molecule has 1 aromatic heterocycles. The quantitative estimate of drug-likeness (QED) is 0.742. The predicted molar refractivity (Wildman–Crippen MR) is 54.4 cm³/mol. The van der Waals surface area contributed by atoms with Crippen LogP contribution in [0.15, 0.2) is 18.2 Å². The van der Waals surface area contributed by atoms with E-state index < -0.39 is 0 Å². The zero-order valence-corrected chi connectivity index (χ0v) is 8.33. The van der Waals surface area contributed by atoms with Crippen LogP contribution in [-0.4, -0.2) is 30.0 Å². The Bertz CT molecular complexity index is 260. The molecule has 2 N–H and O–H groups in total. The minimum absolute atomic E-state index is 0.697. The lowest BCUT2D eigenvalue weighted by molar-refractivity contribution is 0.332. The van der Waals surface area contributed by atoms with Crippen molar-refractivity contribution in [2.45, 2.75) is 13.5 Å². The lowest BCUT2D eigenvalue weighted by Crippen LogP contribution is -2.25. The monoisotopic (exact) mass is 179 g/mol. The Morgan fingerprint density at radius 1 is 1.46 bits per heavy atom. The number of pyridine rings is 1. The summed E-state index contributed by atoms with van der Waals surface area (Å²) in [5, 5.41) is 0. The molecule has 0 saturated carbocycles. The maximum atomic E-state index is 5.45. The van der Waals surface area contributed by atoms with E-state index in [0.717, 1.165) is 24.5 Å². The standard InChI is InChI=1S/C10H17N3/c1-9-4-3-5-10(12-9)8-13(2)7-6-11/h3-5H,6-8,11H2,1-2H3. The van der Waals surface area contributed by atoms with Gasteiger partial charge in [-0.15, -0.1) is 0 Å². The van der Waals surface area contributed by atoms with Crippen LogP contribution in [0.2, 0.25) is 0 Å². The average Bonchev–Trinajstić information content (AvgIpc) is 2.04. The van der Waals surface area contributed by atoms with Crippen molar-refractivity contribution >= 4 is 0 Å². The van der Waals surface area contributed by atoms with E-state index in [4.69, 9.17) is 5.73 Å². The average molecular weight is 179 g/mol. The van der Waals surface area contributed by atoms with Crippen molar-refractivity contribution in [3.05, 3.63) is 29.6 Å². The molecule has 1 heterocycles. The summed E-state index contributed by atoms with van der Waals surface area (Å²) in [5.41, 5.74) is 7.63. The molecule has 13 heavy (non-hydrogen) atoms. The van der Waals surface area contributed by atoms with Crippen LogP contribution < -0.4 is 5.73 Å². The van der Waals surface area contributed by atoms with E-state index >= 15 is 0 Å². The third-order valence-electron chi connectivity index (χ3n) is 1.89. The molecule has 0 bridgehead atoms. The van der Waals surface area contributed by atoms with Crippen LogP contribution in [0.5, 0.6) is 0 Å². The van der Waals surface area contributed by atoms with Crippen molar-refractivity contribution in [3.63, 3.8) is 0 Å². The molecule has 0 aliphatic carbocycles. The minimum Gasteiger partial charge on any atom is -0.329 e. The normalized spacial score (nSPS) is 10.8. The van der Waals surface area contributed by atoms with Gasteiger partial charge in [0.05, 0.1) is 5.69 Å². The van der Waals surface area contributed by atoms with E-state index in [9.17, 15) is 0 Å². The Hall–Kier alpha value is -0.930. The second kappa shape index (κ2) is 4.94. The molecule has 0 aliphatic heterocycles. The van der Waals surface area contributed by atoms with E-state index in [2.05, 4.69) is 16.9 Å². The molecular formula is C10H17N3. The van der Waals surface area contributed by atoms with Crippen molar-refractivity contribution in [1.29, 1.82) is 0 Å². The van der Waals surface area contributed by atoms with Crippen LogP contribution in [0.25, 0.3) is 0 Å². The summed E-state index contributed by atoms with van der Waals surface area (Å²) in [5.74, 6) is 0. The smallest absolute Gasteiger partial charge is 0.0547 e. The number of hydrogen-bond donors (Lipinski definition) is 1. The molecule has 3 heteroatoms. The van der Waals surface area contributed by atoms with Gasteiger partial charge in [-0.05, 0) is 26.1 Å². The van der Waals surface area contributed by atoms with Crippen LogP contribution in [0.1, 0.15) is 11.4 Å². The highest BCUT2D eigenvalue weighted by Crippen LogP contribution is 2.00. The van der Waals surface area contributed by atoms with E-state index in [1.54, 1.807) is 0 Å². The molecular weight excluding hydrogens is 162 g/mol. The van der Waals surface area contributed by atoms with E-state index in [1.807, 2.05) is 25.1 Å². The molecule has 0 saturated heterocycles. The molecule has 0 radical (unpaired) electrons. The van der Waals surface area contributed by atoms with Gasteiger partial charge in [0.25, 0.3) is 0 Å². The van der Waals surface area contributed by atoms with Gasteiger partial charge in [-0.25, -0.2) is 0 Å². The molecule has 0 amide bonds. The predicted octanol–water partition coefficient (Wildman–Crippen LogP) is 0.781. The molecule has 1 aromatic rings. The number of rotatable bonds is 4. The molecule has 0 aromatic carbocycles. The summed E-state index contributed by atoms with van der Waals surface area (Å²) < 4.78 is 0. The van der Waals surface area contributed by atoms with E-state index in [0.29, 0.717) is 6.54 Å². The van der Waals surface area contributed by atoms with E-state index in [-0.39, 0.29) is 0 Å². The van der Waals surface area contributed by atoms with Crippen LogP contribution in [-0.2, 0) is 6.54 Å². The lowest BCUT2D eigenvalue weighted by Gasteiger charge is -2.14. The number of likely N-dealkylation sites (N-methyl/N-ethyl adjacent to an activating group) is 1. The van der Waals surface area contributed by atoms with Gasteiger partial charge >= 0.3 is 0 Å². The zero-order chi connectivity index (χ0) is 9.68. The highest BCUT2D eigenvalue weighted by atomic mass is 15.1. The van der Waals surface area contributed by atoms with Gasteiger partial charge in [-0.1, -0.05) is 6.07 Å². The van der Waals surface area contributed by atoms with Gasteiger partial charge in [-0.3, -0.25) is 9.88 Å². The maximum absolute atomic E-state index is 5.45. The number of nitrogens with zero attached hydrogens (tertiary/aromatic N) is 2. The van der Waals surface area contributed by atoms with Gasteiger partial charge in [0.1, 0.15) is 0 Å². The summed E-state index contributed by atoms with van der Waals surface area (Å²) >= 11 is 0. The second-order valence-electron chi connectivity index (χ2n) is 3.30. The third-order valence-corrected chi connectivity index (χ3v) is 1.89. The number of nitrogens with two attached hydrogens (primary N) is 1. The van der Waals surface area contributed by atoms with Crippen molar-refractivity contribution in [2.24, 2.45) is 5.73 Å². The molecule has 3 nitrogen and oxygen atoms in total. The summed E-state index contributed by atoms with van der Waals surface area (Å²) in [4.78, 5) is 6.58. The SMILES string of the molecule is Cc1cccc(CN(C)CCN)n1. The summed E-state index contributed by atoms with van der Waals surface area (Å²) in [7, 11) is 2.05. The Morgan fingerprint density at radius 3 is 2.85 bits per heavy atom. The Labute approximate surface area is 79.6 Å². The first kappa shape index (κ1) is 10.2. The molecule has 0 fully saturated rings. The zero-order valence-electron chi connectivity index (χ0n) is 8.33. The molecule has 0 aliphatic rings. The molecule has 1 rings (SSSR count). The van der Waals surface area contributed by atoms with Crippen LogP contribution >= 0.6 is 0 Å². The molecule has 0 atom stereocenters. The fraction of sp³-hybridized carbons (Fsp3) is 0.500. The van der Waals surface area contributed by atoms with Gasteiger partial charge in [0, 0.05) is 25.3 Å². The van der Waals surface area contributed by atoms with Gasteiger partial charge in [-0.2, -0.15) is 0 Å². The Morgan fingerprint density at radius 2 is 2.23 bits per heavy atom. The fourth-order valence-corrected chi connectivity index (χ4v) is 1.26. The topological polar surface area (TPSA) is 42.1 Å². The summed E-state index contributed by atoms with van der Waals surface area (Å²) in [6.45, 7) is 4.49. The third kappa shape index (κ3) is 3.53. The van der Waals surface area contributed by atoms with Gasteiger partial charge < -0.3 is 5.73 Å². The van der Waals surface area contributed by atoms with Gasteiger partial charge in [0.15, 0.2) is 0 Å². The van der Waals surface area contributed by atoms with Crippen molar-refractivity contribution in [2.75, 3.05) is 20.1 Å².